The number of nitrogens with one attached hydrogen (secondary N) is 1. The van der Waals surface area contributed by atoms with Crippen LogP contribution in [0.2, 0.25) is 0 Å². The van der Waals surface area contributed by atoms with Gasteiger partial charge >= 0.3 is 5.97 Å². The van der Waals surface area contributed by atoms with Gasteiger partial charge in [-0.1, -0.05) is 12.2 Å². The van der Waals surface area contributed by atoms with E-state index < -0.39 is 12.0 Å². The van der Waals surface area contributed by atoms with Crippen molar-refractivity contribution in [2.75, 3.05) is 0 Å². The van der Waals surface area contributed by atoms with Crippen molar-refractivity contribution in [2.45, 2.75) is 65.1 Å². The Balaban J connectivity index is 2.27. The number of nitrogens with zero attached hydrogens (tertiary/aromatic N) is 1. The first-order valence-corrected chi connectivity index (χ1v) is 7.77. The Morgan fingerprint density at radius 2 is 2.00 bits per heavy atom. The molecule has 1 aromatic rings. The summed E-state index contributed by atoms with van der Waals surface area (Å²) < 4.78 is 0. The lowest BCUT2D eigenvalue weighted by atomic mass is 9.96. The molecular weight excluding hydrogens is 264 g/mol. The van der Waals surface area contributed by atoms with Gasteiger partial charge in [0.15, 0.2) is 0 Å². The Hall–Kier alpha value is -1.55. The number of aromatic nitrogens is 1. The Kier molecular flexibility index (Phi) is 4.88. The van der Waals surface area contributed by atoms with E-state index in [1.54, 1.807) is 0 Å². The van der Waals surface area contributed by atoms with Crippen LogP contribution in [-0.2, 0) is 17.6 Å². The second-order valence-electron chi connectivity index (χ2n) is 6.34. The number of carboxylic acids is 1. The molecule has 2 rings (SSSR count). The molecule has 4 heteroatoms. The van der Waals surface area contributed by atoms with Crippen LogP contribution in [0.3, 0.4) is 0 Å². The van der Waals surface area contributed by atoms with Crippen molar-refractivity contribution in [1.82, 2.24) is 9.88 Å². The first kappa shape index (κ1) is 15.8. The van der Waals surface area contributed by atoms with Crippen molar-refractivity contribution in [1.29, 1.82) is 0 Å². The third-order valence-electron chi connectivity index (χ3n) is 4.19. The number of aromatic amines is 1. The molecule has 0 saturated carbocycles. The van der Waals surface area contributed by atoms with E-state index in [1.165, 1.54) is 11.3 Å². The van der Waals surface area contributed by atoms with Crippen LogP contribution in [0.25, 0.3) is 6.08 Å². The van der Waals surface area contributed by atoms with Gasteiger partial charge in [-0.25, -0.2) is 0 Å². The molecule has 1 atom stereocenters. The smallest absolute Gasteiger partial charge is 0.321 e. The molecule has 0 fully saturated rings. The zero-order valence-electron chi connectivity index (χ0n) is 13.4. The standard InChI is InChI=1S/C17H26N2O2/c1-11(2)19(12(3)4)16(17(20)21)9-13-10-18-15-8-6-5-7-14(13)15/h5,7,10-12,16,18H,6,8-9H2,1-4H3,(H,20,21). The van der Waals surface area contributed by atoms with E-state index in [1.807, 2.05) is 6.20 Å². The number of aliphatic carboxylic acids is 1. The van der Waals surface area contributed by atoms with Crippen molar-refractivity contribution in [2.24, 2.45) is 0 Å². The zero-order chi connectivity index (χ0) is 15.6. The van der Waals surface area contributed by atoms with E-state index in [-0.39, 0.29) is 12.1 Å². The van der Waals surface area contributed by atoms with Crippen LogP contribution < -0.4 is 0 Å². The molecule has 1 aromatic heterocycles. The first-order chi connectivity index (χ1) is 9.91. The van der Waals surface area contributed by atoms with E-state index in [9.17, 15) is 9.90 Å². The Labute approximate surface area is 126 Å². The number of rotatable bonds is 6. The van der Waals surface area contributed by atoms with Crippen LogP contribution in [0, 0.1) is 0 Å². The van der Waals surface area contributed by atoms with Crippen molar-refractivity contribution in [3.63, 3.8) is 0 Å². The first-order valence-electron chi connectivity index (χ1n) is 7.77. The quantitative estimate of drug-likeness (QED) is 0.846. The fourth-order valence-electron chi connectivity index (χ4n) is 3.38. The maximum atomic E-state index is 11.8. The third kappa shape index (κ3) is 3.38. The summed E-state index contributed by atoms with van der Waals surface area (Å²) in [6, 6.07) is -0.0759. The summed E-state index contributed by atoms with van der Waals surface area (Å²) in [5.41, 5.74) is 3.54. The van der Waals surface area contributed by atoms with Crippen LogP contribution >= 0.6 is 0 Å². The van der Waals surface area contributed by atoms with Crippen molar-refractivity contribution in [3.8, 4) is 0 Å². The lowest BCUT2D eigenvalue weighted by Crippen LogP contribution is -2.50. The predicted octanol–water partition coefficient (Wildman–Crippen LogP) is 3.09. The lowest BCUT2D eigenvalue weighted by Gasteiger charge is -2.35. The van der Waals surface area contributed by atoms with Crippen LogP contribution in [0.1, 0.15) is 50.9 Å². The number of aryl methyl sites for hydroxylation is 1. The highest BCUT2D eigenvalue weighted by atomic mass is 16.4. The molecule has 0 radical (unpaired) electrons. The highest BCUT2D eigenvalue weighted by Crippen LogP contribution is 2.25. The Bertz CT molecular complexity index is 521. The average Bonchev–Trinajstić information content (AvgIpc) is 2.80. The van der Waals surface area contributed by atoms with E-state index >= 15 is 0 Å². The summed E-state index contributed by atoms with van der Waals surface area (Å²) in [4.78, 5) is 17.2. The van der Waals surface area contributed by atoms with Gasteiger partial charge in [0.05, 0.1) is 0 Å². The highest BCUT2D eigenvalue weighted by Gasteiger charge is 2.31. The predicted molar refractivity (Wildman–Crippen MR) is 85.4 cm³/mol. The second-order valence-corrected chi connectivity index (χ2v) is 6.34. The second kappa shape index (κ2) is 6.48. The van der Waals surface area contributed by atoms with Gasteiger partial charge in [-0.3, -0.25) is 9.69 Å². The number of carbonyl (C=O) groups is 1. The molecule has 0 saturated heterocycles. The molecule has 1 aliphatic rings. The molecule has 21 heavy (non-hydrogen) atoms. The average molecular weight is 290 g/mol. The third-order valence-corrected chi connectivity index (χ3v) is 4.19. The molecule has 1 aliphatic carbocycles. The van der Waals surface area contributed by atoms with Crippen LogP contribution in [0.4, 0.5) is 0 Å². The normalized spacial score (nSPS) is 15.8. The Morgan fingerprint density at radius 1 is 1.33 bits per heavy atom. The van der Waals surface area contributed by atoms with E-state index in [0.717, 1.165) is 18.4 Å². The van der Waals surface area contributed by atoms with Gasteiger partial charge in [-0.2, -0.15) is 0 Å². The van der Waals surface area contributed by atoms with Gasteiger partial charge in [0.25, 0.3) is 0 Å². The zero-order valence-corrected chi connectivity index (χ0v) is 13.4. The van der Waals surface area contributed by atoms with Gasteiger partial charge in [0, 0.05) is 30.4 Å². The number of allylic oxidation sites excluding steroid dienone is 1. The largest absolute Gasteiger partial charge is 0.480 e. The lowest BCUT2D eigenvalue weighted by molar-refractivity contribution is -0.145. The van der Waals surface area contributed by atoms with Crippen LogP contribution in [0.15, 0.2) is 12.3 Å². The van der Waals surface area contributed by atoms with Gasteiger partial charge in [-0.05, 0) is 51.7 Å². The number of H-pyrrole nitrogens is 1. The molecule has 1 heterocycles. The monoisotopic (exact) mass is 290 g/mol. The van der Waals surface area contributed by atoms with E-state index in [4.69, 9.17) is 0 Å². The molecule has 0 bridgehead atoms. The molecule has 0 amide bonds. The number of hydrogen-bond acceptors (Lipinski definition) is 2. The minimum atomic E-state index is -0.743. The van der Waals surface area contributed by atoms with Gasteiger partial charge in [-0.15, -0.1) is 0 Å². The fourth-order valence-corrected chi connectivity index (χ4v) is 3.38. The maximum Gasteiger partial charge on any atom is 0.321 e. The summed E-state index contributed by atoms with van der Waals surface area (Å²) in [5, 5.41) is 9.67. The van der Waals surface area contributed by atoms with E-state index in [0.29, 0.717) is 6.42 Å². The molecule has 2 N–H and O–H groups in total. The van der Waals surface area contributed by atoms with Gasteiger partial charge in [0.1, 0.15) is 6.04 Å². The van der Waals surface area contributed by atoms with Crippen molar-refractivity contribution >= 4 is 12.0 Å². The van der Waals surface area contributed by atoms with Crippen LogP contribution in [-0.4, -0.2) is 39.1 Å². The topological polar surface area (TPSA) is 56.3 Å². The Morgan fingerprint density at radius 3 is 2.57 bits per heavy atom. The molecule has 0 aliphatic heterocycles. The molecule has 0 aromatic carbocycles. The summed E-state index contributed by atoms with van der Waals surface area (Å²) in [7, 11) is 0. The number of carboxylic acid groups (broad SMARTS) is 1. The minimum absolute atomic E-state index is 0.205. The minimum Gasteiger partial charge on any atom is -0.480 e. The molecule has 1 unspecified atom stereocenters. The van der Waals surface area contributed by atoms with Gasteiger partial charge in [0.2, 0.25) is 0 Å². The number of fused-ring (bicyclic) bond motifs is 1. The van der Waals surface area contributed by atoms with Crippen LogP contribution in [0.5, 0.6) is 0 Å². The molecule has 4 nitrogen and oxygen atoms in total. The summed E-state index contributed by atoms with van der Waals surface area (Å²) in [6.07, 6.45) is 8.88. The summed E-state index contributed by atoms with van der Waals surface area (Å²) >= 11 is 0. The fraction of sp³-hybridized carbons (Fsp3) is 0.588. The van der Waals surface area contributed by atoms with Gasteiger partial charge < -0.3 is 10.1 Å². The number of hydrogen-bond donors (Lipinski definition) is 2. The summed E-state index contributed by atoms with van der Waals surface area (Å²) in [5.74, 6) is -0.743. The van der Waals surface area contributed by atoms with Crippen molar-refractivity contribution in [3.05, 3.63) is 29.1 Å². The SMILES string of the molecule is CC(C)N(C(C)C)C(Cc1c[nH]c2c1C=CCC2)C(=O)O. The van der Waals surface area contributed by atoms with Crippen molar-refractivity contribution < 1.29 is 9.90 Å². The molecular formula is C17H26N2O2. The maximum absolute atomic E-state index is 11.8. The van der Waals surface area contributed by atoms with E-state index in [2.05, 4.69) is 49.7 Å². The highest BCUT2D eigenvalue weighted by molar-refractivity contribution is 5.74. The summed E-state index contributed by atoms with van der Waals surface area (Å²) in [6.45, 7) is 8.23. The molecule has 0 spiro atoms. The molecule has 116 valence electrons.